The van der Waals surface area contributed by atoms with Gasteiger partial charge in [0.1, 0.15) is 0 Å². The van der Waals surface area contributed by atoms with E-state index >= 15 is 0 Å². The molecule has 3 atom stereocenters. The van der Waals surface area contributed by atoms with Crippen molar-refractivity contribution in [2.45, 2.75) is 53.0 Å². The van der Waals surface area contributed by atoms with Crippen LogP contribution in [0, 0.1) is 17.3 Å². The van der Waals surface area contributed by atoms with Gasteiger partial charge in [-0.3, -0.25) is 0 Å². The van der Waals surface area contributed by atoms with Crippen LogP contribution in [0.5, 0.6) is 0 Å². The molecule has 0 radical (unpaired) electrons. The van der Waals surface area contributed by atoms with Gasteiger partial charge in [-0.2, -0.15) is 0 Å². The second kappa shape index (κ2) is 5.27. The van der Waals surface area contributed by atoms with Crippen molar-refractivity contribution in [3.8, 4) is 0 Å². The molecule has 1 heterocycles. The highest BCUT2D eigenvalue weighted by atomic mass is 15.2. The first-order valence-corrected chi connectivity index (χ1v) is 7.41. The molecule has 3 unspecified atom stereocenters. The lowest BCUT2D eigenvalue weighted by Crippen LogP contribution is -2.56. The van der Waals surface area contributed by atoms with Gasteiger partial charge >= 0.3 is 0 Å². The van der Waals surface area contributed by atoms with E-state index in [4.69, 9.17) is 0 Å². The predicted molar refractivity (Wildman–Crippen MR) is 74.2 cm³/mol. The molecule has 0 aromatic heterocycles. The molecule has 1 aliphatic heterocycles. The number of nitrogens with one attached hydrogen (secondary N) is 1. The summed E-state index contributed by atoms with van der Waals surface area (Å²) in [6, 6.07) is 0.662. The molecule has 2 fully saturated rings. The maximum Gasteiger partial charge on any atom is 0.0244 e. The van der Waals surface area contributed by atoms with Crippen LogP contribution in [0.1, 0.15) is 47.0 Å². The Kier molecular flexibility index (Phi) is 4.14. The van der Waals surface area contributed by atoms with Crippen molar-refractivity contribution in [1.29, 1.82) is 0 Å². The summed E-state index contributed by atoms with van der Waals surface area (Å²) in [5.74, 6) is 1.95. The topological polar surface area (TPSA) is 15.3 Å². The zero-order chi connectivity index (χ0) is 12.5. The van der Waals surface area contributed by atoms with Crippen molar-refractivity contribution in [3.05, 3.63) is 0 Å². The van der Waals surface area contributed by atoms with Crippen LogP contribution in [0.2, 0.25) is 0 Å². The minimum atomic E-state index is 0.391. The van der Waals surface area contributed by atoms with Crippen LogP contribution in [0.4, 0.5) is 0 Å². The Labute approximate surface area is 107 Å². The lowest BCUT2D eigenvalue weighted by Gasteiger charge is -2.41. The zero-order valence-corrected chi connectivity index (χ0v) is 12.1. The normalized spacial score (nSPS) is 36.4. The van der Waals surface area contributed by atoms with Crippen molar-refractivity contribution >= 4 is 0 Å². The molecule has 1 saturated heterocycles. The van der Waals surface area contributed by atoms with Gasteiger partial charge in [0.15, 0.2) is 0 Å². The molecule has 1 saturated carbocycles. The lowest BCUT2D eigenvalue weighted by molar-refractivity contribution is 0.119. The summed E-state index contributed by atoms with van der Waals surface area (Å²) in [6.45, 7) is 14.5. The summed E-state index contributed by atoms with van der Waals surface area (Å²) in [7, 11) is 0. The molecular formula is C15H30N2. The minimum Gasteiger partial charge on any atom is -0.311 e. The summed E-state index contributed by atoms with van der Waals surface area (Å²) in [6.07, 6.45) is 4.38. The molecule has 0 amide bonds. The van der Waals surface area contributed by atoms with Gasteiger partial charge in [-0.15, -0.1) is 0 Å². The first-order chi connectivity index (χ1) is 7.95. The molecule has 2 heteroatoms. The van der Waals surface area contributed by atoms with Crippen LogP contribution in [0.3, 0.4) is 0 Å². The fourth-order valence-electron chi connectivity index (χ4n) is 3.41. The molecule has 100 valence electrons. The van der Waals surface area contributed by atoms with Gasteiger partial charge in [0, 0.05) is 32.2 Å². The molecule has 17 heavy (non-hydrogen) atoms. The maximum atomic E-state index is 3.68. The van der Waals surface area contributed by atoms with Gasteiger partial charge in [-0.05, 0) is 30.1 Å². The summed E-state index contributed by atoms with van der Waals surface area (Å²) >= 11 is 0. The second-order valence-electron chi connectivity index (χ2n) is 7.42. The van der Waals surface area contributed by atoms with E-state index in [9.17, 15) is 0 Å². The number of hydrogen-bond donors (Lipinski definition) is 1. The van der Waals surface area contributed by atoms with Crippen molar-refractivity contribution in [3.63, 3.8) is 0 Å². The number of nitrogens with zero attached hydrogens (tertiary/aromatic N) is 1. The molecule has 0 bridgehead atoms. The smallest absolute Gasteiger partial charge is 0.0244 e. The fraction of sp³-hybridized carbons (Fsp3) is 1.00. The number of piperazine rings is 1. The van der Waals surface area contributed by atoms with E-state index in [-0.39, 0.29) is 0 Å². The van der Waals surface area contributed by atoms with Gasteiger partial charge in [0.05, 0.1) is 0 Å². The Bertz CT molecular complexity index is 244. The van der Waals surface area contributed by atoms with Crippen molar-refractivity contribution < 1.29 is 0 Å². The highest BCUT2D eigenvalue weighted by Crippen LogP contribution is 2.31. The largest absolute Gasteiger partial charge is 0.311 e. The van der Waals surface area contributed by atoms with Crippen LogP contribution >= 0.6 is 0 Å². The van der Waals surface area contributed by atoms with Gasteiger partial charge < -0.3 is 10.2 Å². The maximum absolute atomic E-state index is 3.68. The van der Waals surface area contributed by atoms with Crippen LogP contribution in [-0.4, -0.2) is 37.1 Å². The number of rotatable bonds is 2. The standard InChI is InChI=1S/C15H30N2/c1-12-5-6-13(9-12)10-17-8-7-16-14(11-17)15(2,3)4/h12-14,16H,5-11H2,1-4H3. The molecule has 2 rings (SSSR count). The predicted octanol–water partition coefficient (Wildman–Crippen LogP) is 2.74. The fourth-order valence-corrected chi connectivity index (χ4v) is 3.41. The highest BCUT2D eigenvalue weighted by molar-refractivity contribution is 4.88. The SMILES string of the molecule is CC1CCC(CN2CCNC(C(C)(C)C)C2)C1. The highest BCUT2D eigenvalue weighted by Gasteiger charge is 2.31. The molecule has 1 N–H and O–H groups in total. The Morgan fingerprint density at radius 2 is 2.00 bits per heavy atom. The Morgan fingerprint density at radius 3 is 2.59 bits per heavy atom. The summed E-state index contributed by atoms with van der Waals surface area (Å²) < 4.78 is 0. The Morgan fingerprint density at radius 1 is 1.24 bits per heavy atom. The Balaban J connectivity index is 1.81. The van der Waals surface area contributed by atoms with Gasteiger partial charge in [0.2, 0.25) is 0 Å². The van der Waals surface area contributed by atoms with E-state index in [2.05, 4.69) is 37.9 Å². The monoisotopic (exact) mass is 238 g/mol. The van der Waals surface area contributed by atoms with E-state index < -0.39 is 0 Å². The average Bonchev–Trinajstić information content (AvgIpc) is 2.63. The lowest BCUT2D eigenvalue weighted by atomic mass is 9.85. The molecule has 0 aromatic carbocycles. The van der Waals surface area contributed by atoms with E-state index in [1.54, 1.807) is 0 Å². The van der Waals surface area contributed by atoms with Gasteiger partial charge in [0.25, 0.3) is 0 Å². The van der Waals surface area contributed by atoms with Crippen LogP contribution in [-0.2, 0) is 0 Å². The third-order valence-electron chi connectivity index (χ3n) is 4.62. The summed E-state index contributed by atoms with van der Waals surface area (Å²) in [5.41, 5.74) is 0.391. The Hall–Kier alpha value is -0.0800. The third kappa shape index (κ3) is 3.69. The quantitative estimate of drug-likeness (QED) is 0.796. The van der Waals surface area contributed by atoms with Crippen LogP contribution in [0.25, 0.3) is 0 Å². The van der Waals surface area contributed by atoms with Crippen molar-refractivity contribution in [2.24, 2.45) is 17.3 Å². The third-order valence-corrected chi connectivity index (χ3v) is 4.62. The van der Waals surface area contributed by atoms with Gasteiger partial charge in [-0.25, -0.2) is 0 Å². The molecule has 0 spiro atoms. The van der Waals surface area contributed by atoms with E-state index in [1.807, 2.05) is 0 Å². The van der Waals surface area contributed by atoms with E-state index in [1.165, 1.54) is 45.4 Å². The summed E-state index contributed by atoms with van der Waals surface area (Å²) in [4.78, 5) is 2.70. The first-order valence-electron chi connectivity index (χ1n) is 7.41. The molecular weight excluding hydrogens is 208 g/mol. The number of hydrogen-bond acceptors (Lipinski definition) is 2. The van der Waals surface area contributed by atoms with Crippen molar-refractivity contribution in [1.82, 2.24) is 10.2 Å². The van der Waals surface area contributed by atoms with Crippen LogP contribution in [0.15, 0.2) is 0 Å². The molecule has 1 aliphatic carbocycles. The first kappa shape index (κ1) is 13.4. The van der Waals surface area contributed by atoms with Crippen molar-refractivity contribution in [2.75, 3.05) is 26.2 Å². The second-order valence-corrected chi connectivity index (χ2v) is 7.42. The van der Waals surface area contributed by atoms with Gasteiger partial charge in [-0.1, -0.05) is 34.1 Å². The van der Waals surface area contributed by atoms with Crippen LogP contribution < -0.4 is 5.32 Å². The van der Waals surface area contributed by atoms with E-state index in [0.29, 0.717) is 11.5 Å². The zero-order valence-electron chi connectivity index (χ0n) is 12.1. The average molecular weight is 238 g/mol. The molecule has 0 aromatic rings. The molecule has 2 aliphatic rings. The van der Waals surface area contributed by atoms with E-state index in [0.717, 1.165) is 11.8 Å². The summed E-state index contributed by atoms with van der Waals surface area (Å²) in [5, 5.41) is 3.68. The minimum absolute atomic E-state index is 0.391. The molecule has 2 nitrogen and oxygen atoms in total.